The van der Waals surface area contributed by atoms with Gasteiger partial charge in [-0.15, -0.1) is 0 Å². The first kappa shape index (κ1) is 16.4. The van der Waals surface area contributed by atoms with E-state index in [9.17, 15) is 0 Å². The molecule has 1 aromatic rings. The van der Waals surface area contributed by atoms with Gasteiger partial charge in [-0.3, -0.25) is 0 Å². The molecule has 1 aromatic heterocycles. The van der Waals surface area contributed by atoms with Crippen LogP contribution in [0, 0.1) is 0 Å². The molecule has 0 spiro atoms. The van der Waals surface area contributed by atoms with E-state index in [0.29, 0.717) is 5.92 Å². The van der Waals surface area contributed by atoms with Crippen LogP contribution in [-0.2, 0) is 0 Å². The quantitative estimate of drug-likeness (QED) is 0.720. The van der Waals surface area contributed by atoms with Gasteiger partial charge in [0.05, 0.1) is 0 Å². The van der Waals surface area contributed by atoms with Crippen molar-refractivity contribution in [3.63, 3.8) is 0 Å². The minimum Gasteiger partial charge on any atom is -0.355 e. The molecule has 5 heteroatoms. The highest BCUT2D eigenvalue weighted by Gasteiger charge is 2.12. The van der Waals surface area contributed by atoms with E-state index in [2.05, 4.69) is 65.6 Å². The minimum atomic E-state index is 0.341. The van der Waals surface area contributed by atoms with Crippen molar-refractivity contribution in [2.75, 3.05) is 38.6 Å². The predicted octanol–water partition coefficient (Wildman–Crippen LogP) is 3.14. The van der Waals surface area contributed by atoms with Gasteiger partial charge in [-0.1, -0.05) is 20.8 Å². The summed E-state index contributed by atoms with van der Waals surface area (Å²) in [4.78, 5) is 13.7. The van der Waals surface area contributed by atoms with E-state index in [1.54, 1.807) is 0 Å². The van der Waals surface area contributed by atoms with Gasteiger partial charge in [-0.25, -0.2) is 9.97 Å². The maximum atomic E-state index is 4.70. The van der Waals surface area contributed by atoms with Crippen molar-refractivity contribution in [2.45, 2.75) is 33.1 Å². The molecule has 0 fully saturated rings. The lowest BCUT2D eigenvalue weighted by Crippen LogP contribution is -2.33. The second-order valence-corrected chi connectivity index (χ2v) is 6.16. The van der Waals surface area contributed by atoms with Crippen LogP contribution in [0.5, 0.6) is 0 Å². The highest BCUT2D eigenvalue weighted by atomic mass is 79.9. The van der Waals surface area contributed by atoms with E-state index < -0.39 is 0 Å². The van der Waals surface area contributed by atoms with Gasteiger partial charge in [0.2, 0.25) is 0 Å². The van der Waals surface area contributed by atoms with Crippen LogP contribution in [0.25, 0.3) is 0 Å². The SMILES string of the molecule is CCCN(CCN(C)C)c1cc(Br)nc(C(C)C)n1. The summed E-state index contributed by atoms with van der Waals surface area (Å²) < 4.78 is 0.868. The largest absolute Gasteiger partial charge is 0.355 e. The molecule has 0 bridgehead atoms. The molecule has 0 N–H and O–H groups in total. The first-order valence-corrected chi connectivity index (χ1v) is 7.67. The van der Waals surface area contributed by atoms with Crippen LogP contribution in [0.4, 0.5) is 5.82 Å². The van der Waals surface area contributed by atoms with Crippen molar-refractivity contribution < 1.29 is 0 Å². The molecule has 0 saturated heterocycles. The molecule has 0 aromatic carbocycles. The second-order valence-electron chi connectivity index (χ2n) is 5.35. The Bertz CT molecular complexity index is 393. The number of halogens is 1. The molecular formula is C14H25BrN4. The Morgan fingerprint density at radius 2 is 1.84 bits per heavy atom. The van der Waals surface area contributed by atoms with E-state index in [1.165, 1.54) is 0 Å². The summed E-state index contributed by atoms with van der Waals surface area (Å²) in [6.07, 6.45) is 1.12. The number of anilines is 1. The molecule has 0 aliphatic rings. The van der Waals surface area contributed by atoms with Gasteiger partial charge in [0, 0.05) is 31.6 Å². The monoisotopic (exact) mass is 328 g/mol. The van der Waals surface area contributed by atoms with Crippen LogP contribution in [0.3, 0.4) is 0 Å². The molecule has 0 atom stereocenters. The summed E-state index contributed by atoms with van der Waals surface area (Å²) in [5.41, 5.74) is 0. The van der Waals surface area contributed by atoms with Gasteiger partial charge in [0.25, 0.3) is 0 Å². The third kappa shape index (κ3) is 5.45. The Balaban J connectivity index is 2.94. The van der Waals surface area contributed by atoms with Crippen molar-refractivity contribution in [1.29, 1.82) is 0 Å². The smallest absolute Gasteiger partial charge is 0.134 e. The lowest BCUT2D eigenvalue weighted by atomic mass is 10.2. The normalized spacial score (nSPS) is 11.4. The Labute approximate surface area is 125 Å². The molecule has 0 amide bonds. The zero-order valence-electron chi connectivity index (χ0n) is 12.6. The van der Waals surface area contributed by atoms with E-state index >= 15 is 0 Å². The molecule has 0 aliphatic heterocycles. The van der Waals surface area contributed by atoms with E-state index in [1.807, 2.05) is 6.07 Å². The molecule has 1 heterocycles. The molecule has 0 unspecified atom stereocenters. The lowest BCUT2D eigenvalue weighted by Gasteiger charge is -2.25. The average Bonchev–Trinajstić information content (AvgIpc) is 2.33. The average molecular weight is 329 g/mol. The fourth-order valence-corrected chi connectivity index (χ4v) is 2.16. The van der Waals surface area contributed by atoms with Crippen molar-refractivity contribution >= 4 is 21.7 Å². The molecule has 108 valence electrons. The molecule has 0 saturated carbocycles. The molecule has 4 nitrogen and oxygen atoms in total. The van der Waals surface area contributed by atoms with Gasteiger partial charge in [0.15, 0.2) is 0 Å². The standard InChI is InChI=1S/C14H25BrN4/c1-6-7-19(9-8-18(4)5)13-10-12(15)16-14(17-13)11(2)3/h10-11H,6-9H2,1-5H3. The number of rotatable bonds is 7. The van der Waals surface area contributed by atoms with Crippen molar-refractivity contribution in [1.82, 2.24) is 14.9 Å². The van der Waals surface area contributed by atoms with Crippen molar-refractivity contribution in [3.8, 4) is 0 Å². The lowest BCUT2D eigenvalue weighted by molar-refractivity contribution is 0.412. The molecule has 1 rings (SSSR count). The summed E-state index contributed by atoms with van der Waals surface area (Å²) >= 11 is 3.49. The van der Waals surface area contributed by atoms with Crippen molar-refractivity contribution in [2.24, 2.45) is 0 Å². The molecule has 0 radical (unpaired) electrons. The Hall–Kier alpha value is -0.680. The van der Waals surface area contributed by atoms with Gasteiger partial charge < -0.3 is 9.80 Å². The molecule has 0 aliphatic carbocycles. The van der Waals surface area contributed by atoms with Crippen LogP contribution >= 0.6 is 15.9 Å². The number of aromatic nitrogens is 2. The zero-order valence-corrected chi connectivity index (χ0v) is 14.2. The number of hydrogen-bond acceptors (Lipinski definition) is 4. The fraction of sp³-hybridized carbons (Fsp3) is 0.714. The second kappa shape index (κ2) is 7.80. The number of nitrogens with zero attached hydrogens (tertiary/aromatic N) is 4. The van der Waals surface area contributed by atoms with Crippen LogP contribution < -0.4 is 4.90 Å². The van der Waals surface area contributed by atoms with E-state index in [4.69, 9.17) is 4.98 Å². The summed E-state index contributed by atoms with van der Waals surface area (Å²) in [7, 11) is 4.19. The fourth-order valence-electron chi connectivity index (χ4n) is 1.77. The summed E-state index contributed by atoms with van der Waals surface area (Å²) in [5, 5.41) is 0. The highest BCUT2D eigenvalue weighted by Crippen LogP contribution is 2.20. The van der Waals surface area contributed by atoms with Crippen LogP contribution in [0.1, 0.15) is 38.9 Å². The summed E-state index contributed by atoms with van der Waals surface area (Å²) in [6.45, 7) is 9.47. The Morgan fingerprint density at radius 3 is 2.37 bits per heavy atom. The third-order valence-electron chi connectivity index (χ3n) is 2.85. The van der Waals surface area contributed by atoms with E-state index in [-0.39, 0.29) is 0 Å². The maximum absolute atomic E-state index is 4.70. The van der Waals surface area contributed by atoms with Gasteiger partial charge in [-0.05, 0) is 36.4 Å². The number of hydrogen-bond donors (Lipinski definition) is 0. The Morgan fingerprint density at radius 1 is 1.16 bits per heavy atom. The van der Waals surface area contributed by atoms with E-state index in [0.717, 1.165) is 42.3 Å². The van der Waals surface area contributed by atoms with Gasteiger partial charge in [0.1, 0.15) is 16.2 Å². The van der Waals surface area contributed by atoms with Crippen LogP contribution in [0.15, 0.2) is 10.7 Å². The summed E-state index contributed by atoms with van der Waals surface area (Å²) in [6, 6.07) is 2.01. The first-order chi connectivity index (χ1) is 8.93. The maximum Gasteiger partial charge on any atom is 0.134 e. The molecular weight excluding hydrogens is 304 g/mol. The summed E-state index contributed by atoms with van der Waals surface area (Å²) in [5.74, 6) is 2.26. The first-order valence-electron chi connectivity index (χ1n) is 6.88. The molecule has 19 heavy (non-hydrogen) atoms. The Kier molecular flexibility index (Phi) is 6.72. The number of likely N-dealkylation sites (N-methyl/N-ethyl adjacent to an activating group) is 1. The van der Waals surface area contributed by atoms with Crippen LogP contribution in [-0.4, -0.2) is 48.6 Å². The predicted molar refractivity (Wildman–Crippen MR) is 84.9 cm³/mol. The zero-order chi connectivity index (χ0) is 14.4. The van der Waals surface area contributed by atoms with Gasteiger partial charge in [-0.2, -0.15) is 0 Å². The van der Waals surface area contributed by atoms with Gasteiger partial charge >= 0.3 is 0 Å². The third-order valence-corrected chi connectivity index (χ3v) is 3.26. The topological polar surface area (TPSA) is 32.3 Å². The minimum absolute atomic E-state index is 0.341. The van der Waals surface area contributed by atoms with Crippen molar-refractivity contribution in [3.05, 3.63) is 16.5 Å². The highest BCUT2D eigenvalue weighted by molar-refractivity contribution is 9.10. The van der Waals surface area contributed by atoms with Crippen LogP contribution in [0.2, 0.25) is 0 Å².